The molecule has 0 aliphatic heterocycles. The molecule has 0 bridgehead atoms. The van der Waals surface area contributed by atoms with Gasteiger partial charge in [-0.15, -0.1) is 6.58 Å². The van der Waals surface area contributed by atoms with Crippen LogP contribution in [0.25, 0.3) is 20.9 Å². The summed E-state index contributed by atoms with van der Waals surface area (Å²) in [5.41, 5.74) is 16.8. The first kappa shape index (κ1) is 26.5. The van der Waals surface area contributed by atoms with Crippen molar-refractivity contribution in [3.05, 3.63) is 33.5 Å². The van der Waals surface area contributed by atoms with Crippen molar-refractivity contribution in [1.29, 1.82) is 0 Å². The lowest BCUT2D eigenvalue weighted by molar-refractivity contribution is 0.253. The van der Waals surface area contributed by atoms with Crippen molar-refractivity contribution in [3.63, 3.8) is 0 Å². The molecule has 0 aromatic carbocycles. The smallest absolute Gasteiger partial charge is 0.0459 e. The zero-order chi connectivity index (χ0) is 20.5. The minimum absolute atomic E-state index is 0.0532. The lowest BCUT2D eigenvalue weighted by atomic mass is 9.87. The quantitative estimate of drug-likeness (QED) is 0.177. The van der Waals surface area contributed by atoms with E-state index in [1.807, 2.05) is 13.0 Å². The van der Waals surface area contributed by atoms with Gasteiger partial charge in [-0.3, -0.25) is 0 Å². The van der Waals surface area contributed by atoms with Crippen molar-refractivity contribution in [1.82, 2.24) is 0 Å². The summed E-state index contributed by atoms with van der Waals surface area (Å²) in [7, 11) is 0. The van der Waals surface area contributed by atoms with E-state index in [0.29, 0.717) is 17.8 Å². The number of rotatable bonds is 12. The van der Waals surface area contributed by atoms with E-state index in [0.717, 1.165) is 25.7 Å². The Balaban J connectivity index is 0. The van der Waals surface area contributed by atoms with Gasteiger partial charge in [0.05, 0.1) is 0 Å². The molecule has 0 spiro atoms. The molecule has 0 amide bonds. The third kappa shape index (κ3) is 11.0. The Morgan fingerprint density at radius 3 is 1.77 bits per heavy atom. The van der Waals surface area contributed by atoms with Gasteiger partial charge in [0.2, 0.25) is 0 Å². The molecule has 0 radical (unpaired) electrons. The topological polar surface area (TPSA) is 118 Å². The standard InChI is InChI=1S/C10H21N3O.C9H17N3/c1-4-8(2)10(12-13-11)9(3)6-5-7-14;1-5-7(3)9(11-12-10)8(4)6-2/h8-10,14H,4-7H2,1-3H3;5,7-9H,1,6H2,2-4H3/t8-,9-,10?;7-,8-,9-/m00/s1. The fourth-order valence-electron chi connectivity index (χ4n) is 2.85. The molecule has 0 aliphatic rings. The average Bonchev–Trinajstić information content (AvgIpc) is 2.66. The van der Waals surface area contributed by atoms with Crippen LogP contribution in [0.3, 0.4) is 0 Å². The zero-order valence-corrected chi connectivity index (χ0v) is 17.4. The summed E-state index contributed by atoms with van der Waals surface area (Å²) in [5, 5.41) is 16.3. The van der Waals surface area contributed by atoms with E-state index in [4.69, 9.17) is 16.2 Å². The molecule has 150 valence electrons. The van der Waals surface area contributed by atoms with Gasteiger partial charge < -0.3 is 5.11 Å². The van der Waals surface area contributed by atoms with Crippen LogP contribution in [0, 0.1) is 23.7 Å². The molecule has 1 unspecified atom stereocenters. The highest BCUT2D eigenvalue weighted by Crippen LogP contribution is 2.23. The van der Waals surface area contributed by atoms with Crippen LogP contribution < -0.4 is 0 Å². The summed E-state index contributed by atoms with van der Waals surface area (Å²) in [5.74, 6) is 1.46. The van der Waals surface area contributed by atoms with E-state index < -0.39 is 0 Å². The molecule has 7 nitrogen and oxygen atoms in total. The maximum absolute atomic E-state index is 8.72. The molecule has 26 heavy (non-hydrogen) atoms. The normalized spacial score (nSPS) is 17.0. The molecular formula is C19H38N6O. The van der Waals surface area contributed by atoms with E-state index >= 15 is 0 Å². The Hall–Kier alpha value is -1.68. The van der Waals surface area contributed by atoms with Gasteiger partial charge in [0.1, 0.15) is 0 Å². The van der Waals surface area contributed by atoms with Crippen LogP contribution in [-0.2, 0) is 0 Å². The number of azide groups is 2. The van der Waals surface area contributed by atoms with Gasteiger partial charge >= 0.3 is 0 Å². The molecular weight excluding hydrogens is 328 g/mol. The average molecular weight is 367 g/mol. The third-order valence-corrected chi connectivity index (χ3v) is 5.13. The minimum Gasteiger partial charge on any atom is -0.396 e. The second kappa shape index (κ2) is 16.8. The van der Waals surface area contributed by atoms with Crippen molar-refractivity contribution in [2.45, 2.75) is 79.3 Å². The van der Waals surface area contributed by atoms with Crippen LogP contribution in [0.4, 0.5) is 0 Å². The van der Waals surface area contributed by atoms with Crippen LogP contribution in [0.1, 0.15) is 67.2 Å². The molecule has 0 heterocycles. The van der Waals surface area contributed by atoms with Crippen LogP contribution in [0.15, 0.2) is 22.9 Å². The highest BCUT2D eigenvalue weighted by molar-refractivity contribution is 4.88. The number of hydrogen-bond acceptors (Lipinski definition) is 3. The lowest BCUT2D eigenvalue weighted by Gasteiger charge is -2.24. The Labute approximate surface area is 159 Å². The SMILES string of the molecule is C=C[C@H](C)[C@H](N=[N+]=[N-])[C@@H](C)CC.CC[C@H](C)C(N=[N+]=[N-])[C@@H](C)CCCO. The molecule has 7 heteroatoms. The first-order valence-electron chi connectivity index (χ1n) is 9.66. The molecule has 0 saturated carbocycles. The molecule has 0 rings (SSSR count). The van der Waals surface area contributed by atoms with Crippen LogP contribution in [0.2, 0.25) is 0 Å². The van der Waals surface area contributed by atoms with E-state index in [1.54, 1.807) is 0 Å². The number of nitrogens with zero attached hydrogens (tertiary/aromatic N) is 6. The van der Waals surface area contributed by atoms with Gasteiger partial charge in [0, 0.05) is 28.5 Å². The molecule has 0 fully saturated rings. The van der Waals surface area contributed by atoms with Gasteiger partial charge in [0.15, 0.2) is 0 Å². The summed E-state index contributed by atoms with van der Waals surface area (Å²) >= 11 is 0. The second-order valence-corrected chi connectivity index (χ2v) is 7.10. The van der Waals surface area contributed by atoms with Crippen molar-refractivity contribution in [2.75, 3.05) is 6.61 Å². The van der Waals surface area contributed by atoms with E-state index in [9.17, 15) is 0 Å². The maximum atomic E-state index is 8.72. The summed E-state index contributed by atoms with van der Waals surface area (Å²) in [6, 6.07) is 0.119. The van der Waals surface area contributed by atoms with Crippen LogP contribution in [-0.4, -0.2) is 23.8 Å². The summed E-state index contributed by atoms with van der Waals surface area (Å²) in [6.07, 6.45) is 5.60. The van der Waals surface area contributed by atoms with E-state index in [-0.39, 0.29) is 24.6 Å². The highest BCUT2D eigenvalue weighted by atomic mass is 16.2. The maximum Gasteiger partial charge on any atom is 0.0459 e. The number of hydrogen-bond donors (Lipinski definition) is 1. The highest BCUT2D eigenvalue weighted by Gasteiger charge is 2.20. The first-order valence-corrected chi connectivity index (χ1v) is 9.66. The first-order chi connectivity index (χ1) is 12.3. The van der Waals surface area contributed by atoms with Crippen molar-refractivity contribution in [2.24, 2.45) is 33.9 Å². The summed E-state index contributed by atoms with van der Waals surface area (Å²) < 4.78 is 0. The molecule has 0 saturated heterocycles. The van der Waals surface area contributed by atoms with E-state index in [1.165, 1.54) is 0 Å². The van der Waals surface area contributed by atoms with Gasteiger partial charge in [0.25, 0.3) is 0 Å². The van der Waals surface area contributed by atoms with Gasteiger partial charge in [-0.05, 0) is 47.6 Å². The van der Waals surface area contributed by atoms with Gasteiger partial charge in [-0.25, -0.2) is 0 Å². The van der Waals surface area contributed by atoms with Crippen LogP contribution in [0.5, 0.6) is 0 Å². The molecule has 0 aromatic rings. The zero-order valence-electron chi connectivity index (χ0n) is 17.4. The fraction of sp³-hybridized carbons (Fsp3) is 0.895. The van der Waals surface area contributed by atoms with E-state index in [2.05, 4.69) is 61.2 Å². The van der Waals surface area contributed by atoms with Crippen molar-refractivity contribution < 1.29 is 5.11 Å². The molecule has 0 aliphatic carbocycles. The Bertz CT molecular complexity index is 457. The predicted molar refractivity (Wildman–Crippen MR) is 110 cm³/mol. The molecule has 1 N–H and O–H groups in total. The minimum atomic E-state index is 0.0532. The van der Waals surface area contributed by atoms with Crippen molar-refractivity contribution in [3.8, 4) is 0 Å². The Morgan fingerprint density at radius 1 is 0.923 bits per heavy atom. The Morgan fingerprint density at radius 2 is 1.38 bits per heavy atom. The monoisotopic (exact) mass is 366 g/mol. The largest absolute Gasteiger partial charge is 0.396 e. The fourth-order valence-corrected chi connectivity index (χ4v) is 2.85. The third-order valence-electron chi connectivity index (χ3n) is 5.13. The summed E-state index contributed by atoms with van der Waals surface area (Å²) in [4.78, 5) is 5.75. The van der Waals surface area contributed by atoms with Crippen LogP contribution >= 0.6 is 0 Å². The predicted octanol–water partition coefficient (Wildman–Crippen LogP) is 6.65. The number of aliphatic hydroxyl groups excluding tert-OH is 1. The Kier molecular flexibility index (Phi) is 17.1. The molecule has 0 aromatic heterocycles. The van der Waals surface area contributed by atoms with Gasteiger partial charge in [-0.2, -0.15) is 0 Å². The summed E-state index contributed by atoms with van der Waals surface area (Å²) in [6.45, 7) is 16.4. The van der Waals surface area contributed by atoms with Crippen molar-refractivity contribution >= 4 is 0 Å². The number of aliphatic hydroxyl groups is 1. The second-order valence-electron chi connectivity index (χ2n) is 7.10. The lowest BCUT2D eigenvalue weighted by Crippen LogP contribution is -2.23. The molecule has 6 atom stereocenters. The van der Waals surface area contributed by atoms with Gasteiger partial charge in [-0.1, -0.05) is 70.7 Å².